The average Bonchev–Trinajstić information content (AvgIpc) is 3.27. The van der Waals surface area contributed by atoms with Crippen molar-refractivity contribution in [3.63, 3.8) is 0 Å². The van der Waals surface area contributed by atoms with E-state index < -0.39 is 0 Å². The first-order chi connectivity index (χ1) is 10.3. The van der Waals surface area contributed by atoms with Crippen LogP contribution in [0.25, 0.3) is 0 Å². The van der Waals surface area contributed by atoms with Crippen LogP contribution in [0.3, 0.4) is 0 Å². The van der Waals surface area contributed by atoms with Gasteiger partial charge in [-0.15, -0.1) is 0 Å². The summed E-state index contributed by atoms with van der Waals surface area (Å²) < 4.78 is 0. The lowest BCUT2D eigenvalue weighted by molar-refractivity contribution is 0.251. The van der Waals surface area contributed by atoms with E-state index in [1.165, 1.54) is 5.56 Å². The topological polar surface area (TPSA) is 41.1 Å². The van der Waals surface area contributed by atoms with Crippen LogP contribution in [0.2, 0.25) is 0 Å². The van der Waals surface area contributed by atoms with Gasteiger partial charge in [0.15, 0.2) is 0 Å². The maximum atomic E-state index is 12.1. The van der Waals surface area contributed by atoms with Crippen LogP contribution in [-0.2, 0) is 6.42 Å². The molecule has 2 unspecified atom stereocenters. The van der Waals surface area contributed by atoms with Gasteiger partial charge in [-0.3, -0.25) is 0 Å². The Bertz CT molecular complexity index is 624. The smallest absolute Gasteiger partial charge is 0.319 e. The van der Waals surface area contributed by atoms with E-state index in [2.05, 4.69) is 29.7 Å². The van der Waals surface area contributed by atoms with Crippen LogP contribution in [0, 0.1) is 0 Å². The fourth-order valence-electron chi connectivity index (χ4n) is 2.70. The van der Waals surface area contributed by atoms with Crippen molar-refractivity contribution >= 4 is 11.7 Å². The number of anilines is 1. The molecule has 2 amide bonds. The molecule has 2 N–H and O–H groups in total. The quantitative estimate of drug-likeness (QED) is 0.875. The van der Waals surface area contributed by atoms with Gasteiger partial charge in [-0.25, -0.2) is 4.79 Å². The summed E-state index contributed by atoms with van der Waals surface area (Å²) in [7, 11) is 0. The molecule has 0 bridgehead atoms. The van der Waals surface area contributed by atoms with Crippen LogP contribution in [0.5, 0.6) is 0 Å². The molecule has 0 aliphatic heterocycles. The van der Waals surface area contributed by atoms with E-state index >= 15 is 0 Å². The van der Waals surface area contributed by atoms with Crippen LogP contribution >= 0.6 is 0 Å². The first-order valence-electron chi connectivity index (χ1n) is 7.48. The molecule has 0 aromatic heterocycles. The first kappa shape index (κ1) is 13.7. The Labute approximate surface area is 125 Å². The van der Waals surface area contributed by atoms with E-state index in [1.54, 1.807) is 0 Å². The monoisotopic (exact) mass is 280 g/mol. The number of hydrogen-bond acceptors (Lipinski definition) is 1. The number of aryl methyl sites for hydroxylation is 1. The molecular formula is C18H20N2O. The number of rotatable bonds is 4. The summed E-state index contributed by atoms with van der Waals surface area (Å²) in [5.74, 6) is 0.457. The van der Waals surface area contributed by atoms with Gasteiger partial charge in [0, 0.05) is 17.6 Å². The first-order valence-corrected chi connectivity index (χ1v) is 7.48. The normalized spacial score (nSPS) is 19.9. The minimum absolute atomic E-state index is 0.112. The Hall–Kier alpha value is -2.29. The SMILES string of the molecule is CCc1ccccc1NC(=O)NC1CC1c1ccccc1. The summed E-state index contributed by atoms with van der Waals surface area (Å²) in [6.45, 7) is 2.09. The van der Waals surface area contributed by atoms with Crippen molar-refractivity contribution in [1.82, 2.24) is 5.32 Å². The minimum atomic E-state index is -0.112. The molecule has 2 atom stereocenters. The molecular weight excluding hydrogens is 260 g/mol. The van der Waals surface area contributed by atoms with E-state index in [0.717, 1.165) is 24.1 Å². The number of benzene rings is 2. The highest BCUT2D eigenvalue weighted by molar-refractivity contribution is 5.90. The van der Waals surface area contributed by atoms with Gasteiger partial charge in [-0.2, -0.15) is 0 Å². The zero-order valence-corrected chi connectivity index (χ0v) is 12.2. The molecule has 2 aromatic rings. The lowest BCUT2D eigenvalue weighted by Gasteiger charge is -2.10. The molecule has 0 spiro atoms. The van der Waals surface area contributed by atoms with Crippen molar-refractivity contribution in [2.75, 3.05) is 5.32 Å². The number of carbonyl (C=O) groups excluding carboxylic acids is 1. The minimum Gasteiger partial charge on any atom is -0.334 e. The maximum absolute atomic E-state index is 12.1. The predicted octanol–water partition coefficient (Wildman–Crippen LogP) is 3.93. The zero-order chi connectivity index (χ0) is 14.7. The van der Waals surface area contributed by atoms with E-state index in [0.29, 0.717) is 5.92 Å². The molecule has 1 saturated carbocycles. The largest absolute Gasteiger partial charge is 0.334 e. The maximum Gasteiger partial charge on any atom is 0.319 e. The summed E-state index contributed by atoms with van der Waals surface area (Å²) in [6, 6.07) is 18.4. The zero-order valence-electron chi connectivity index (χ0n) is 12.2. The number of hydrogen-bond donors (Lipinski definition) is 2. The Balaban J connectivity index is 1.56. The van der Waals surface area contributed by atoms with Gasteiger partial charge in [0.25, 0.3) is 0 Å². The lowest BCUT2D eigenvalue weighted by Crippen LogP contribution is -2.31. The second-order valence-electron chi connectivity index (χ2n) is 5.47. The number of para-hydroxylation sites is 1. The highest BCUT2D eigenvalue weighted by atomic mass is 16.2. The molecule has 3 heteroatoms. The van der Waals surface area contributed by atoms with E-state index in [1.807, 2.05) is 42.5 Å². The molecule has 21 heavy (non-hydrogen) atoms. The molecule has 3 nitrogen and oxygen atoms in total. The second-order valence-corrected chi connectivity index (χ2v) is 5.47. The summed E-state index contributed by atoms with van der Waals surface area (Å²) >= 11 is 0. The molecule has 1 aliphatic rings. The van der Waals surface area contributed by atoms with Crippen molar-refractivity contribution < 1.29 is 4.79 Å². The molecule has 3 rings (SSSR count). The third-order valence-corrected chi connectivity index (χ3v) is 3.98. The standard InChI is InChI=1S/C18H20N2O/c1-2-13-8-6-7-11-16(13)19-18(21)20-17-12-15(17)14-9-4-3-5-10-14/h3-11,15,17H,2,12H2,1H3,(H2,19,20,21). The van der Waals surface area contributed by atoms with E-state index in [4.69, 9.17) is 0 Å². The highest BCUT2D eigenvalue weighted by Crippen LogP contribution is 2.40. The van der Waals surface area contributed by atoms with Crippen molar-refractivity contribution in [2.24, 2.45) is 0 Å². The Kier molecular flexibility index (Phi) is 3.91. The molecule has 1 aliphatic carbocycles. The van der Waals surface area contributed by atoms with Crippen LogP contribution in [0.15, 0.2) is 54.6 Å². The summed E-state index contributed by atoms with van der Waals surface area (Å²) in [5, 5.41) is 6.01. The van der Waals surface area contributed by atoms with Crippen molar-refractivity contribution in [3.8, 4) is 0 Å². The summed E-state index contributed by atoms with van der Waals surface area (Å²) in [4.78, 5) is 12.1. The molecule has 108 valence electrons. The van der Waals surface area contributed by atoms with E-state index in [9.17, 15) is 4.79 Å². The van der Waals surface area contributed by atoms with Gasteiger partial charge in [0.2, 0.25) is 0 Å². The molecule has 2 aromatic carbocycles. The van der Waals surface area contributed by atoms with Gasteiger partial charge in [0.05, 0.1) is 0 Å². The fourth-order valence-corrected chi connectivity index (χ4v) is 2.70. The number of amides is 2. The van der Waals surface area contributed by atoms with Crippen molar-refractivity contribution in [2.45, 2.75) is 31.7 Å². The highest BCUT2D eigenvalue weighted by Gasteiger charge is 2.39. The predicted molar refractivity (Wildman–Crippen MR) is 85.6 cm³/mol. The molecule has 1 fully saturated rings. The van der Waals surface area contributed by atoms with Crippen molar-refractivity contribution in [3.05, 3.63) is 65.7 Å². The van der Waals surface area contributed by atoms with Gasteiger partial charge in [0.1, 0.15) is 0 Å². The third kappa shape index (κ3) is 3.24. The number of nitrogens with one attached hydrogen (secondary N) is 2. The number of carbonyl (C=O) groups is 1. The fraction of sp³-hybridized carbons (Fsp3) is 0.278. The van der Waals surface area contributed by atoms with Crippen LogP contribution in [-0.4, -0.2) is 12.1 Å². The Morgan fingerprint density at radius 2 is 1.81 bits per heavy atom. The van der Waals surface area contributed by atoms with Crippen LogP contribution in [0.1, 0.15) is 30.4 Å². The summed E-state index contributed by atoms with van der Waals surface area (Å²) in [6.07, 6.45) is 1.93. The van der Waals surface area contributed by atoms with E-state index in [-0.39, 0.29) is 12.1 Å². The Morgan fingerprint density at radius 1 is 1.10 bits per heavy atom. The third-order valence-electron chi connectivity index (χ3n) is 3.98. The Morgan fingerprint density at radius 3 is 2.57 bits per heavy atom. The van der Waals surface area contributed by atoms with Crippen LogP contribution in [0.4, 0.5) is 10.5 Å². The average molecular weight is 280 g/mol. The lowest BCUT2D eigenvalue weighted by atomic mass is 10.1. The molecule has 0 heterocycles. The number of urea groups is 1. The second kappa shape index (κ2) is 6.00. The van der Waals surface area contributed by atoms with Gasteiger partial charge >= 0.3 is 6.03 Å². The van der Waals surface area contributed by atoms with Crippen LogP contribution < -0.4 is 10.6 Å². The van der Waals surface area contributed by atoms with Crippen molar-refractivity contribution in [1.29, 1.82) is 0 Å². The van der Waals surface area contributed by atoms with Gasteiger partial charge in [-0.1, -0.05) is 55.5 Å². The molecule has 0 saturated heterocycles. The van der Waals surface area contributed by atoms with Gasteiger partial charge in [-0.05, 0) is 30.0 Å². The van der Waals surface area contributed by atoms with Gasteiger partial charge < -0.3 is 10.6 Å². The summed E-state index contributed by atoms with van der Waals surface area (Å²) in [5.41, 5.74) is 3.36. The molecule has 0 radical (unpaired) electrons.